The van der Waals surface area contributed by atoms with E-state index in [1.807, 2.05) is 25.1 Å². The summed E-state index contributed by atoms with van der Waals surface area (Å²) >= 11 is 0. The van der Waals surface area contributed by atoms with Crippen LogP contribution in [-0.2, 0) is 10.2 Å². The Morgan fingerprint density at radius 2 is 1.77 bits per heavy atom. The number of nitrogens with zero attached hydrogens (tertiary/aromatic N) is 1. The van der Waals surface area contributed by atoms with Gasteiger partial charge in [-0.2, -0.15) is 0 Å². The van der Waals surface area contributed by atoms with Crippen LogP contribution in [0.1, 0.15) is 50.4 Å². The SMILES string of the molecule is CCOc1c(C2COC(c3c(F)cccc3F)=N2)cccc1C(C)(C)C. The van der Waals surface area contributed by atoms with Crippen molar-refractivity contribution in [2.75, 3.05) is 13.2 Å². The van der Waals surface area contributed by atoms with Gasteiger partial charge in [-0.1, -0.05) is 45.0 Å². The first-order chi connectivity index (χ1) is 12.3. The highest BCUT2D eigenvalue weighted by molar-refractivity contribution is 5.95. The minimum atomic E-state index is -0.683. The molecule has 1 unspecified atom stereocenters. The second-order valence-electron chi connectivity index (χ2n) is 7.26. The molecule has 2 aromatic rings. The first-order valence-electron chi connectivity index (χ1n) is 8.74. The van der Waals surface area contributed by atoms with Gasteiger partial charge < -0.3 is 9.47 Å². The fourth-order valence-corrected chi connectivity index (χ4v) is 3.09. The molecule has 0 amide bonds. The molecule has 0 saturated carbocycles. The van der Waals surface area contributed by atoms with Crippen molar-refractivity contribution in [1.82, 2.24) is 0 Å². The number of rotatable bonds is 4. The summed E-state index contributed by atoms with van der Waals surface area (Å²) < 4.78 is 39.5. The van der Waals surface area contributed by atoms with Crippen LogP contribution in [-0.4, -0.2) is 19.1 Å². The lowest BCUT2D eigenvalue weighted by atomic mass is 9.84. The molecule has 0 bridgehead atoms. The topological polar surface area (TPSA) is 30.8 Å². The summed E-state index contributed by atoms with van der Waals surface area (Å²) in [6.07, 6.45) is 0. The Morgan fingerprint density at radius 1 is 1.12 bits per heavy atom. The fraction of sp³-hybridized carbons (Fsp3) is 0.381. The second-order valence-corrected chi connectivity index (χ2v) is 7.26. The minimum absolute atomic E-state index is 0.00536. The minimum Gasteiger partial charge on any atom is -0.493 e. The first-order valence-corrected chi connectivity index (χ1v) is 8.74. The van der Waals surface area contributed by atoms with Crippen molar-refractivity contribution in [2.45, 2.75) is 39.2 Å². The number of hydrogen-bond acceptors (Lipinski definition) is 3. The van der Waals surface area contributed by atoms with E-state index in [4.69, 9.17) is 9.47 Å². The van der Waals surface area contributed by atoms with E-state index in [-0.39, 0.29) is 29.5 Å². The van der Waals surface area contributed by atoms with E-state index in [0.717, 1.165) is 16.9 Å². The zero-order chi connectivity index (χ0) is 18.9. The van der Waals surface area contributed by atoms with Gasteiger partial charge in [0.15, 0.2) is 0 Å². The van der Waals surface area contributed by atoms with E-state index in [0.29, 0.717) is 6.61 Å². The van der Waals surface area contributed by atoms with Gasteiger partial charge in [-0.05, 0) is 30.0 Å². The van der Waals surface area contributed by atoms with Gasteiger partial charge in [0.2, 0.25) is 5.90 Å². The number of aliphatic imine (C=N–C) groups is 1. The summed E-state index contributed by atoms with van der Waals surface area (Å²) in [5.74, 6) is -0.597. The number of para-hydroxylation sites is 1. The molecule has 26 heavy (non-hydrogen) atoms. The van der Waals surface area contributed by atoms with E-state index in [1.54, 1.807) is 0 Å². The van der Waals surface area contributed by atoms with Crippen molar-refractivity contribution in [1.29, 1.82) is 0 Å². The lowest BCUT2D eigenvalue weighted by Crippen LogP contribution is -2.15. The fourth-order valence-electron chi connectivity index (χ4n) is 3.09. The highest BCUT2D eigenvalue weighted by Gasteiger charge is 2.30. The molecule has 1 aliphatic rings. The summed E-state index contributed by atoms with van der Waals surface area (Å²) in [6, 6.07) is 9.26. The molecule has 5 heteroatoms. The zero-order valence-corrected chi connectivity index (χ0v) is 15.5. The smallest absolute Gasteiger partial charge is 0.222 e. The quantitative estimate of drug-likeness (QED) is 0.753. The molecule has 0 saturated heterocycles. The average molecular weight is 359 g/mol. The number of hydrogen-bond donors (Lipinski definition) is 0. The van der Waals surface area contributed by atoms with Crippen molar-refractivity contribution in [3.8, 4) is 5.75 Å². The maximum atomic E-state index is 14.0. The maximum Gasteiger partial charge on any atom is 0.222 e. The normalized spacial score (nSPS) is 17.0. The highest BCUT2D eigenvalue weighted by atomic mass is 19.1. The zero-order valence-electron chi connectivity index (χ0n) is 15.5. The summed E-state index contributed by atoms with van der Waals surface area (Å²) in [6.45, 7) is 9.01. The molecule has 0 fully saturated rings. The molecule has 1 heterocycles. The Labute approximate surface area is 152 Å². The lowest BCUT2D eigenvalue weighted by Gasteiger charge is -2.25. The van der Waals surface area contributed by atoms with Crippen molar-refractivity contribution < 1.29 is 18.3 Å². The first kappa shape index (κ1) is 18.4. The van der Waals surface area contributed by atoms with Gasteiger partial charge >= 0.3 is 0 Å². The summed E-state index contributed by atoms with van der Waals surface area (Å²) in [5.41, 5.74) is 1.60. The standard InChI is InChI=1S/C21H23F2NO2/c1-5-25-19-13(8-6-9-14(19)21(2,3)4)17-12-26-20(24-17)18-15(22)10-7-11-16(18)23/h6-11,17H,5,12H2,1-4H3. The average Bonchev–Trinajstić information content (AvgIpc) is 3.03. The van der Waals surface area contributed by atoms with Gasteiger partial charge in [-0.25, -0.2) is 13.8 Å². The highest BCUT2D eigenvalue weighted by Crippen LogP contribution is 2.39. The molecule has 3 nitrogen and oxygen atoms in total. The van der Waals surface area contributed by atoms with Crippen LogP contribution >= 0.6 is 0 Å². The van der Waals surface area contributed by atoms with Gasteiger partial charge in [0, 0.05) is 5.56 Å². The number of ether oxygens (including phenoxy) is 2. The molecule has 1 aliphatic heterocycles. The van der Waals surface area contributed by atoms with Crippen molar-refractivity contribution in [2.24, 2.45) is 4.99 Å². The van der Waals surface area contributed by atoms with E-state index in [2.05, 4.69) is 25.8 Å². The van der Waals surface area contributed by atoms with Crippen LogP contribution in [0.2, 0.25) is 0 Å². The van der Waals surface area contributed by atoms with Crippen molar-refractivity contribution >= 4 is 5.90 Å². The second kappa shape index (κ2) is 7.06. The van der Waals surface area contributed by atoms with Crippen LogP contribution in [0.4, 0.5) is 8.78 Å². The van der Waals surface area contributed by atoms with Crippen molar-refractivity contribution in [3.05, 3.63) is 64.7 Å². The lowest BCUT2D eigenvalue weighted by molar-refractivity contribution is 0.301. The predicted molar refractivity (Wildman–Crippen MR) is 97.9 cm³/mol. The molecule has 0 radical (unpaired) electrons. The van der Waals surface area contributed by atoms with Crippen LogP contribution in [0.5, 0.6) is 5.75 Å². The predicted octanol–water partition coefficient (Wildman–Crippen LogP) is 5.18. The van der Waals surface area contributed by atoms with E-state index < -0.39 is 11.6 Å². The third-order valence-electron chi connectivity index (χ3n) is 4.33. The molecule has 0 aromatic heterocycles. The molecule has 0 aliphatic carbocycles. The van der Waals surface area contributed by atoms with Gasteiger partial charge in [-0.3, -0.25) is 0 Å². The van der Waals surface area contributed by atoms with Crippen LogP contribution < -0.4 is 4.74 Å². The van der Waals surface area contributed by atoms with Crippen LogP contribution in [0, 0.1) is 11.6 Å². The Morgan fingerprint density at radius 3 is 2.38 bits per heavy atom. The maximum absolute atomic E-state index is 14.0. The summed E-state index contributed by atoms with van der Waals surface area (Å²) in [4.78, 5) is 4.45. The molecule has 2 aromatic carbocycles. The Kier molecular flexibility index (Phi) is 4.99. The summed E-state index contributed by atoms with van der Waals surface area (Å²) in [5, 5.41) is 0. The monoisotopic (exact) mass is 359 g/mol. The molecule has 3 rings (SSSR count). The van der Waals surface area contributed by atoms with Gasteiger partial charge in [0.05, 0.1) is 6.61 Å². The third-order valence-corrected chi connectivity index (χ3v) is 4.33. The molecule has 0 spiro atoms. The van der Waals surface area contributed by atoms with Gasteiger partial charge in [-0.15, -0.1) is 0 Å². The van der Waals surface area contributed by atoms with E-state index in [9.17, 15) is 8.78 Å². The third kappa shape index (κ3) is 3.43. The molecular weight excluding hydrogens is 336 g/mol. The summed E-state index contributed by atoms with van der Waals surface area (Å²) in [7, 11) is 0. The number of benzene rings is 2. The van der Waals surface area contributed by atoms with E-state index >= 15 is 0 Å². The van der Waals surface area contributed by atoms with Crippen LogP contribution in [0.15, 0.2) is 41.4 Å². The molecular formula is C21H23F2NO2. The van der Waals surface area contributed by atoms with Crippen LogP contribution in [0.25, 0.3) is 0 Å². The van der Waals surface area contributed by atoms with Crippen molar-refractivity contribution in [3.63, 3.8) is 0 Å². The van der Waals surface area contributed by atoms with Gasteiger partial charge in [0.1, 0.15) is 35.6 Å². The largest absolute Gasteiger partial charge is 0.493 e. The van der Waals surface area contributed by atoms with Crippen LogP contribution in [0.3, 0.4) is 0 Å². The molecule has 1 atom stereocenters. The molecule has 138 valence electrons. The number of halogens is 2. The Hall–Kier alpha value is -2.43. The Balaban J connectivity index is 2.04. The Bertz CT molecular complexity index is 820. The molecule has 0 N–H and O–H groups in total. The van der Waals surface area contributed by atoms with Gasteiger partial charge in [0.25, 0.3) is 0 Å². The van der Waals surface area contributed by atoms with E-state index in [1.165, 1.54) is 18.2 Å².